The van der Waals surface area contributed by atoms with Gasteiger partial charge in [-0.05, 0) is 24.1 Å². The van der Waals surface area contributed by atoms with E-state index in [0.717, 1.165) is 17.5 Å². The molecule has 2 aromatic carbocycles. The molecule has 0 aromatic heterocycles. The van der Waals surface area contributed by atoms with Crippen molar-refractivity contribution in [2.75, 3.05) is 18.5 Å². The van der Waals surface area contributed by atoms with Gasteiger partial charge in [0.2, 0.25) is 0 Å². The number of hydrogen-bond acceptors (Lipinski definition) is 4. The molecule has 1 aliphatic heterocycles. The molecule has 0 saturated carbocycles. The lowest BCUT2D eigenvalue weighted by atomic mass is 10.1. The maximum absolute atomic E-state index is 12.4. The predicted octanol–water partition coefficient (Wildman–Crippen LogP) is 3.25. The van der Waals surface area contributed by atoms with Crippen molar-refractivity contribution in [2.45, 2.75) is 19.8 Å². The molecule has 0 aliphatic carbocycles. The topological polar surface area (TPSA) is 75.7 Å². The molecular weight excluding hydrogens is 356 g/mol. The van der Waals surface area contributed by atoms with Crippen LogP contribution in [0.4, 0.5) is 5.69 Å². The Kier molecular flexibility index (Phi) is 5.89. The van der Waals surface area contributed by atoms with E-state index in [-0.39, 0.29) is 25.5 Å². The van der Waals surface area contributed by atoms with Crippen molar-refractivity contribution in [3.8, 4) is 0 Å². The predicted molar refractivity (Wildman–Crippen MR) is 107 cm³/mol. The van der Waals surface area contributed by atoms with Crippen LogP contribution in [0.5, 0.6) is 0 Å². The van der Waals surface area contributed by atoms with E-state index in [1.54, 1.807) is 18.2 Å². The Labute approximate surface area is 163 Å². The third-order valence-corrected chi connectivity index (χ3v) is 4.62. The normalized spacial score (nSPS) is 12.7. The fraction of sp³-hybridized carbons (Fsp3) is 0.227. The Morgan fingerprint density at radius 3 is 2.46 bits per heavy atom. The summed E-state index contributed by atoms with van der Waals surface area (Å²) in [6, 6.07) is 14.7. The minimum Gasteiger partial charge on any atom is -0.456 e. The van der Waals surface area contributed by atoms with Crippen LogP contribution in [0.25, 0.3) is 5.70 Å². The maximum Gasteiger partial charge on any atom is 0.308 e. The molecule has 0 bridgehead atoms. The van der Waals surface area contributed by atoms with E-state index in [9.17, 15) is 14.4 Å². The molecule has 1 N–H and O–H groups in total. The Morgan fingerprint density at radius 1 is 1.07 bits per heavy atom. The summed E-state index contributed by atoms with van der Waals surface area (Å²) < 4.78 is 5.04. The van der Waals surface area contributed by atoms with Gasteiger partial charge in [-0.2, -0.15) is 0 Å². The number of fused-ring (bicyclic) bond motifs is 1. The van der Waals surface area contributed by atoms with E-state index in [0.29, 0.717) is 16.9 Å². The van der Waals surface area contributed by atoms with E-state index < -0.39 is 11.9 Å². The van der Waals surface area contributed by atoms with E-state index >= 15 is 0 Å². The lowest BCUT2D eigenvalue weighted by Gasteiger charge is -2.16. The highest BCUT2D eigenvalue weighted by molar-refractivity contribution is 6.08. The van der Waals surface area contributed by atoms with Gasteiger partial charge >= 0.3 is 5.97 Å². The van der Waals surface area contributed by atoms with Gasteiger partial charge in [-0.15, -0.1) is 0 Å². The number of nitrogens with zero attached hydrogens (tertiary/aromatic N) is 1. The summed E-state index contributed by atoms with van der Waals surface area (Å²) >= 11 is 0. The summed E-state index contributed by atoms with van der Waals surface area (Å²) in [5.41, 5.74) is 3.64. The number of para-hydroxylation sites is 1. The molecular formula is C22H22N2O4. The van der Waals surface area contributed by atoms with Crippen LogP contribution in [-0.4, -0.2) is 35.8 Å². The number of amides is 2. The largest absolute Gasteiger partial charge is 0.456 e. The fourth-order valence-electron chi connectivity index (χ4n) is 3.13. The fourth-order valence-corrected chi connectivity index (χ4v) is 3.13. The number of rotatable bonds is 7. The van der Waals surface area contributed by atoms with Gasteiger partial charge in [0.1, 0.15) is 0 Å². The molecule has 28 heavy (non-hydrogen) atoms. The average molecular weight is 378 g/mol. The average Bonchev–Trinajstić information content (AvgIpc) is 2.95. The van der Waals surface area contributed by atoms with Crippen LogP contribution in [0.2, 0.25) is 0 Å². The Morgan fingerprint density at radius 2 is 1.75 bits per heavy atom. The van der Waals surface area contributed by atoms with Gasteiger partial charge in [0.25, 0.3) is 11.8 Å². The van der Waals surface area contributed by atoms with Crippen LogP contribution in [0, 0.1) is 0 Å². The summed E-state index contributed by atoms with van der Waals surface area (Å²) in [5, 5.41) is 2.75. The van der Waals surface area contributed by atoms with Crippen molar-refractivity contribution in [2.24, 2.45) is 0 Å². The standard InChI is InChI=1S/C22H22N2O4/c1-3-16-8-4-7-11-19(16)23-20(25)14-28-21(26)12-13-24-15(2)17-9-5-6-10-18(17)22(24)27/h4-11H,2-3,12-14H2,1H3,(H,23,25). The first-order chi connectivity index (χ1) is 13.5. The third kappa shape index (κ3) is 4.11. The monoisotopic (exact) mass is 378 g/mol. The molecule has 2 aromatic rings. The molecule has 1 heterocycles. The number of ether oxygens (including phenoxy) is 1. The van der Waals surface area contributed by atoms with Crippen LogP contribution in [0.1, 0.15) is 34.8 Å². The number of carbonyl (C=O) groups excluding carboxylic acids is 3. The molecule has 1 aliphatic rings. The van der Waals surface area contributed by atoms with Crippen molar-refractivity contribution in [3.63, 3.8) is 0 Å². The molecule has 0 fully saturated rings. The molecule has 0 spiro atoms. The number of aryl methyl sites for hydroxylation is 1. The maximum atomic E-state index is 12.4. The highest BCUT2D eigenvalue weighted by atomic mass is 16.5. The molecule has 3 rings (SSSR count). The first-order valence-corrected chi connectivity index (χ1v) is 9.14. The first-order valence-electron chi connectivity index (χ1n) is 9.14. The lowest BCUT2D eigenvalue weighted by Crippen LogP contribution is -2.27. The van der Waals surface area contributed by atoms with Crippen molar-refractivity contribution in [3.05, 3.63) is 71.8 Å². The van der Waals surface area contributed by atoms with Gasteiger partial charge in [0, 0.05) is 29.1 Å². The zero-order valence-electron chi connectivity index (χ0n) is 15.7. The zero-order chi connectivity index (χ0) is 20.1. The van der Waals surface area contributed by atoms with Gasteiger partial charge in [-0.25, -0.2) is 0 Å². The van der Waals surface area contributed by atoms with Gasteiger partial charge in [0.05, 0.1) is 6.42 Å². The minimum atomic E-state index is -0.546. The van der Waals surface area contributed by atoms with Crippen LogP contribution in [0.3, 0.4) is 0 Å². The molecule has 2 amide bonds. The Balaban J connectivity index is 1.47. The van der Waals surface area contributed by atoms with Crippen LogP contribution < -0.4 is 5.32 Å². The number of anilines is 1. The number of benzene rings is 2. The molecule has 0 unspecified atom stereocenters. The molecule has 0 atom stereocenters. The third-order valence-electron chi connectivity index (χ3n) is 4.62. The number of esters is 1. The molecule has 0 radical (unpaired) electrons. The molecule has 6 heteroatoms. The Bertz CT molecular complexity index is 901. The highest BCUT2D eigenvalue weighted by Gasteiger charge is 2.30. The molecule has 144 valence electrons. The number of hydrogen-bond donors (Lipinski definition) is 1. The van der Waals surface area contributed by atoms with Crippen LogP contribution >= 0.6 is 0 Å². The molecule has 6 nitrogen and oxygen atoms in total. The Hall–Kier alpha value is -3.41. The quantitative estimate of drug-likeness (QED) is 0.751. The molecule has 0 saturated heterocycles. The van der Waals surface area contributed by atoms with Gasteiger partial charge in [-0.3, -0.25) is 14.4 Å². The zero-order valence-corrected chi connectivity index (χ0v) is 15.7. The van der Waals surface area contributed by atoms with Gasteiger partial charge in [0.15, 0.2) is 6.61 Å². The van der Waals surface area contributed by atoms with Crippen LogP contribution in [0.15, 0.2) is 55.1 Å². The SMILES string of the molecule is C=C1c2ccccc2C(=O)N1CCC(=O)OCC(=O)Nc1ccccc1CC. The van der Waals surface area contributed by atoms with Gasteiger partial charge < -0.3 is 15.0 Å². The van der Waals surface area contributed by atoms with Crippen molar-refractivity contribution >= 4 is 29.2 Å². The number of carbonyl (C=O) groups is 3. The second-order valence-corrected chi connectivity index (χ2v) is 6.42. The lowest BCUT2D eigenvalue weighted by molar-refractivity contribution is -0.147. The number of nitrogens with one attached hydrogen (secondary N) is 1. The van der Waals surface area contributed by atoms with Crippen molar-refractivity contribution in [1.82, 2.24) is 4.90 Å². The second kappa shape index (κ2) is 8.52. The summed E-state index contributed by atoms with van der Waals surface area (Å²) in [6.07, 6.45) is 0.768. The van der Waals surface area contributed by atoms with E-state index in [4.69, 9.17) is 4.74 Å². The first kappa shape index (κ1) is 19.4. The second-order valence-electron chi connectivity index (χ2n) is 6.42. The summed E-state index contributed by atoms with van der Waals surface area (Å²) in [4.78, 5) is 37.9. The van der Waals surface area contributed by atoms with Crippen molar-refractivity contribution in [1.29, 1.82) is 0 Å². The van der Waals surface area contributed by atoms with Crippen LogP contribution in [-0.2, 0) is 20.7 Å². The summed E-state index contributed by atoms with van der Waals surface area (Å²) in [6.45, 7) is 5.72. The minimum absolute atomic E-state index is 0.0163. The van der Waals surface area contributed by atoms with Gasteiger partial charge in [-0.1, -0.05) is 49.9 Å². The smallest absolute Gasteiger partial charge is 0.308 e. The highest BCUT2D eigenvalue weighted by Crippen LogP contribution is 2.31. The summed E-state index contributed by atoms with van der Waals surface area (Å²) in [5.74, 6) is -1.12. The van der Waals surface area contributed by atoms with Crippen molar-refractivity contribution < 1.29 is 19.1 Å². The van der Waals surface area contributed by atoms with E-state index in [1.807, 2.05) is 37.3 Å². The summed E-state index contributed by atoms with van der Waals surface area (Å²) in [7, 11) is 0. The van der Waals surface area contributed by atoms with E-state index in [1.165, 1.54) is 4.90 Å². The van der Waals surface area contributed by atoms with E-state index in [2.05, 4.69) is 11.9 Å².